The number of rotatable bonds is 4. The highest BCUT2D eigenvalue weighted by atomic mass is 16.5. The minimum Gasteiger partial charge on any atom is -0.466 e. The molecule has 1 amide bonds. The quantitative estimate of drug-likeness (QED) is 0.622. The van der Waals surface area contributed by atoms with E-state index >= 15 is 0 Å². The Morgan fingerprint density at radius 2 is 2.12 bits per heavy atom. The first-order valence-corrected chi connectivity index (χ1v) is 7.39. The average Bonchev–Trinajstić information content (AvgIpc) is 2.86. The first-order valence-electron chi connectivity index (χ1n) is 7.39. The number of nitrogens with zero attached hydrogens (tertiary/aromatic N) is 3. The van der Waals surface area contributed by atoms with E-state index in [-0.39, 0.29) is 18.1 Å². The molecule has 126 valence electrons. The number of hydrazone groups is 1. The molecule has 7 nitrogen and oxygen atoms in total. The van der Waals surface area contributed by atoms with E-state index in [9.17, 15) is 14.4 Å². The van der Waals surface area contributed by atoms with Crippen LogP contribution in [0.15, 0.2) is 29.4 Å². The Morgan fingerprint density at radius 3 is 2.62 bits per heavy atom. The van der Waals surface area contributed by atoms with Crippen molar-refractivity contribution in [1.82, 2.24) is 0 Å². The summed E-state index contributed by atoms with van der Waals surface area (Å²) in [5.41, 5.74) is 1.97. The zero-order valence-corrected chi connectivity index (χ0v) is 13.9. The van der Waals surface area contributed by atoms with Gasteiger partial charge in [-0.3, -0.25) is 14.4 Å². The lowest BCUT2D eigenvalue weighted by Gasteiger charge is -2.11. The Labute approximate surface area is 140 Å². The predicted molar refractivity (Wildman–Crippen MR) is 88.3 cm³/mol. The van der Waals surface area contributed by atoms with Crippen molar-refractivity contribution in [3.63, 3.8) is 0 Å². The predicted octanol–water partition coefficient (Wildman–Crippen LogP) is 2.20. The molecule has 0 bridgehead atoms. The summed E-state index contributed by atoms with van der Waals surface area (Å²) in [5.74, 6) is -0.652. The molecule has 0 saturated carbocycles. The van der Waals surface area contributed by atoms with E-state index in [1.54, 1.807) is 31.2 Å². The van der Waals surface area contributed by atoms with E-state index in [1.807, 2.05) is 13.0 Å². The molecule has 0 atom stereocenters. The number of carbonyl (C=O) groups excluding carboxylic acids is 3. The summed E-state index contributed by atoms with van der Waals surface area (Å²) < 4.78 is 4.49. The highest BCUT2D eigenvalue weighted by Crippen LogP contribution is 2.21. The third-order valence-electron chi connectivity index (χ3n) is 2.83. The fraction of sp³-hybridized carbons (Fsp3) is 0.353. The summed E-state index contributed by atoms with van der Waals surface area (Å²) in [4.78, 5) is 32.2. The van der Waals surface area contributed by atoms with Gasteiger partial charge in [0.15, 0.2) is 0 Å². The normalized spacial score (nSPS) is 12.7. The van der Waals surface area contributed by atoms with Gasteiger partial charge in [0.25, 0.3) is 5.91 Å². The molecule has 1 aromatic rings. The summed E-state index contributed by atoms with van der Waals surface area (Å²) >= 11 is 0. The molecule has 0 aromatic heterocycles. The standard InChI is InChI=1S/C11H9N3O.C6H10O3/c1-8-5-11(15)14(13-8)10-4-2-3-9(6-10)7-12;1-3-9-6(8)4-5(2)7/h2-4,6H,5H2,1H3;3-4H2,1-2H3. The lowest BCUT2D eigenvalue weighted by Crippen LogP contribution is -2.19. The topological polar surface area (TPSA) is 99.8 Å². The van der Waals surface area contributed by atoms with Gasteiger partial charge in [0.05, 0.1) is 30.3 Å². The van der Waals surface area contributed by atoms with Crippen LogP contribution in [0.1, 0.15) is 39.2 Å². The molecule has 0 N–H and O–H groups in total. The van der Waals surface area contributed by atoms with E-state index < -0.39 is 5.97 Å². The number of esters is 1. The van der Waals surface area contributed by atoms with Crippen LogP contribution in [-0.4, -0.2) is 30.0 Å². The van der Waals surface area contributed by atoms with Crippen LogP contribution >= 0.6 is 0 Å². The molecule has 1 aromatic carbocycles. The maximum absolute atomic E-state index is 11.5. The molecular formula is C17H19N3O4. The van der Waals surface area contributed by atoms with Crippen molar-refractivity contribution in [2.45, 2.75) is 33.6 Å². The number of ketones is 1. The molecule has 0 saturated heterocycles. The van der Waals surface area contributed by atoms with Gasteiger partial charge >= 0.3 is 5.97 Å². The summed E-state index contributed by atoms with van der Waals surface area (Å²) in [6.07, 6.45) is 0.255. The molecule has 24 heavy (non-hydrogen) atoms. The zero-order chi connectivity index (χ0) is 18.1. The van der Waals surface area contributed by atoms with Gasteiger partial charge in [0, 0.05) is 5.71 Å². The molecule has 0 unspecified atom stereocenters. The summed E-state index contributed by atoms with van der Waals surface area (Å²) in [5, 5.41) is 14.2. The number of amides is 1. The van der Waals surface area contributed by atoms with E-state index in [4.69, 9.17) is 5.26 Å². The molecule has 2 rings (SSSR count). The summed E-state index contributed by atoms with van der Waals surface area (Å²) in [6.45, 7) is 5.22. The number of nitriles is 1. The maximum atomic E-state index is 11.5. The monoisotopic (exact) mass is 329 g/mol. The van der Waals surface area contributed by atoms with E-state index in [0.717, 1.165) is 5.71 Å². The first-order chi connectivity index (χ1) is 11.4. The molecule has 7 heteroatoms. The molecule has 0 fully saturated rings. The minimum absolute atomic E-state index is 0.0532. The second-order valence-electron chi connectivity index (χ2n) is 5.06. The summed E-state index contributed by atoms with van der Waals surface area (Å²) in [7, 11) is 0. The van der Waals surface area contributed by atoms with Crippen LogP contribution < -0.4 is 5.01 Å². The Morgan fingerprint density at radius 1 is 1.42 bits per heavy atom. The Kier molecular flexibility index (Phi) is 7.30. The minimum atomic E-state index is -0.440. The largest absolute Gasteiger partial charge is 0.466 e. The molecule has 0 aliphatic carbocycles. The molecular weight excluding hydrogens is 310 g/mol. The van der Waals surface area contributed by atoms with Crippen molar-refractivity contribution in [3.8, 4) is 6.07 Å². The van der Waals surface area contributed by atoms with Crippen molar-refractivity contribution in [3.05, 3.63) is 29.8 Å². The van der Waals surface area contributed by atoms with Crippen molar-refractivity contribution < 1.29 is 19.1 Å². The SMILES string of the molecule is CC1=NN(c2cccc(C#N)c2)C(=O)C1.CCOC(=O)CC(C)=O. The van der Waals surface area contributed by atoms with Crippen LogP contribution in [0.25, 0.3) is 0 Å². The van der Waals surface area contributed by atoms with Crippen LogP contribution in [0.3, 0.4) is 0 Å². The number of carbonyl (C=O) groups is 3. The van der Waals surface area contributed by atoms with Crippen molar-refractivity contribution in [1.29, 1.82) is 5.26 Å². The third kappa shape index (κ3) is 6.01. The third-order valence-corrected chi connectivity index (χ3v) is 2.83. The molecule has 1 heterocycles. The van der Waals surface area contributed by atoms with Crippen LogP contribution in [0, 0.1) is 11.3 Å². The number of benzene rings is 1. The maximum Gasteiger partial charge on any atom is 0.313 e. The van der Waals surface area contributed by atoms with Gasteiger partial charge in [0.2, 0.25) is 0 Å². The van der Waals surface area contributed by atoms with Crippen molar-refractivity contribution in [2.75, 3.05) is 11.6 Å². The molecule has 0 radical (unpaired) electrons. The fourth-order valence-corrected chi connectivity index (χ4v) is 1.88. The zero-order valence-electron chi connectivity index (χ0n) is 13.9. The van der Waals surface area contributed by atoms with Crippen molar-refractivity contribution >= 4 is 29.1 Å². The lowest BCUT2D eigenvalue weighted by atomic mass is 10.2. The number of ether oxygens (including phenoxy) is 1. The van der Waals surface area contributed by atoms with Gasteiger partial charge in [-0.15, -0.1) is 0 Å². The highest BCUT2D eigenvalue weighted by Gasteiger charge is 2.22. The number of hydrogen-bond acceptors (Lipinski definition) is 6. The summed E-state index contributed by atoms with van der Waals surface area (Å²) in [6, 6.07) is 8.88. The molecule has 1 aliphatic rings. The van der Waals surface area contributed by atoms with E-state index in [2.05, 4.69) is 9.84 Å². The van der Waals surface area contributed by atoms with Gasteiger partial charge in [-0.2, -0.15) is 10.4 Å². The second kappa shape index (κ2) is 9.20. The van der Waals surface area contributed by atoms with Crippen LogP contribution in [0.4, 0.5) is 5.69 Å². The van der Waals surface area contributed by atoms with Crippen LogP contribution in [0.5, 0.6) is 0 Å². The second-order valence-corrected chi connectivity index (χ2v) is 5.06. The first kappa shape index (κ1) is 19.0. The van der Waals surface area contributed by atoms with Crippen LogP contribution in [0.2, 0.25) is 0 Å². The van der Waals surface area contributed by atoms with Gasteiger partial charge in [-0.25, -0.2) is 5.01 Å². The van der Waals surface area contributed by atoms with Gasteiger partial charge in [-0.1, -0.05) is 6.07 Å². The number of anilines is 1. The number of hydrogen-bond donors (Lipinski definition) is 0. The Balaban J connectivity index is 0.000000277. The van der Waals surface area contributed by atoms with Gasteiger partial charge in [0.1, 0.15) is 12.2 Å². The van der Waals surface area contributed by atoms with Crippen LogP contribution in [-0.2, 0) is 19.1 Å². The average molecular weight is 329 g/mol. The Hall–Kier alpha value is -3.01. The fourth-order valence-electron chi connectivity index (χ4n) is 1.88. The van der Waals surface area contributed by atoms with Crippen molar-refractivity contribution in [2.24, 2.45) is 5.10 Å². The highest BCUT2D eigenvalue weighted by molar-refractivity contribution is 6.12. The molecule has 1 aliphatic heterocycles. The van der Waals surface area contributed by atoms with Gasteiger partial charge < -0.3 is 4.74 Å². The lowest BCUT2D eigenvalue weighted by molar-refractivity contribution is -0.145. The van der Waals surface area contributed by atoms with E-state index in [0.29, 0.717) is 24.3 Å². The number of Topliss-reactive ketones (excluding diaryl/α,β-unsaturated/α-hetero) is 1. The van der Waals surface area contributed by atoms with E-state index in [1.165, 1.54) is 11.9 Å². The Bertz CT molecular complexity index is 704. The smallest absolute Gasteiger partial charge is 0.313 e. The van der Waals surface area contributed by atoms with Gasteiger partial charge in [-0.05, 0) is 39.0 Å². The molecule has 0 spiro atoms.